The van der Waals surface area contributed by atoms with E-state index < -0.39 is 0 Å². The molecule has 1 saturated carbocycles. The van der Waals surface area contributed by atoms with Gasteiger partial charge in [-0.2, -0.15) is 0 Å². The summed E-state index contributed by atoms with van der Waals surface area (Å²) in [6.07, 6.45) is 18.5. The Balaban J connectivity index is 1.57. The van der Waals surface area contributed by atoms with Gasteiger partial charge < -0.3 is 0 Å². The van der Waals surface area contributed by atoms with Crippen LogP contribution in [0, 0.1) is 23.2 Å². The molecule has 0 atom stereocenters. The number of pyridine rings is 1. The van der Waals surface area contributed by atoms with E-state index in [9.17, 15) is 0 Å². The number of rotatable bonds is 3. The number of aromatic nitrogens is 1. The van der Waals surface area contributed by atoms with E-state index in [0.717, 1.165) is 17.7 Å². The smallest absolute Gasteiger partial charge is 0.0803 e. The lowest BCUT2D eigenvalue weighted by Gasteiger charge is -2.34. The number of hydrogen-bond acceptors (Lipinski definition) is 2. The van der Waals surface area contributed by atoms with Crippen molar-refractivity contribution in [3.05, 3.63) is 70.9 Å². The van der Waals surface area contributed by atoms with Crippen molar-refractivity contribution in [2.24, 2.45) is 10.8 Å². The van der Waals surface area contributed by atoms with Crippen molar-refractivity contribution < 1.29 is 0 Å². The second-order valence-corrected chi connectivity index (χ2v) is 14.6. The first-order chi connectivity index (χ1) is 18.6. The lowest BCUT2D eigenvalue weighted by atomic mass is 9.71. The molecule has 0 amide bonds. The third kappa shape index (κ3) is 4.70. The fourth-order valence-electron chi connectivity index (χ4n) is 6.67. The molecule has 2 heterocycles. The molecule has 1 aliphatic heterocycles. The van der Waals surface area contributed by atoms with Gasteiger partial charge in [0.25, 0.3) is 0 Å². The number of hydrogen-bond donors (Lipinski definition) is 0. The monoisotopic (exact) mass is 529 g/mol. The van der Waals surface area contributed by atoms with Crippen LogP contribution in [0.5, 0.6) is 0 Å². The fraction of sp³-hybridized carbons (Fsp3) is 0.378. The van der Waals surface area contributed by atoms with E-state index >= 15 is 0 Å². The van der Waals surface area contributed by atoms with E-state index in [1.807, 2.05) is 18.0 Å². The Morgan fingerprint density at radius 3 is 2.54 bits per heavy atom. The zero-order chi connectivity index (χ0) is 27.5. The Morgan fingerprint density at radius 1 is 1.08 bits per heavy atom. The van der Waals surface area contributed by atoms with Crippen molar-refractivity contribution in [1.29, 1.82) is 0 Å². The highest BCUT2D eigenvalue weighted by molar-refractivity contribution is 7.99. The molecule has 39 heavy (non-hydrogen) atoms. The van der Waals surface area contributed by atoms with Gasteiger partial charge in [-0.3, -0.25) is 4.98 Å². The average molecular weight is 530 g/mol. The molecule has 6 rings (SSSR count). The molecule has 0 spiro atoms. The molecule has 0 radical (unpaired) electrons. The van der Waals surface area contributed by atoms with Crippen LogP contribution in [0.3, 0.4) is 0 Å². The van der Waals surface area contributed by atoms with Crippen molar-refractivity contribution in [1.82, 2.24) is 4.98 Å². The maximum absolute atomic E-state index is 6.11. The van der Waals surface area contributed by atoms with Gasteiger partial charge in [0.15, 0.2) is 0 Å². The number of allylic oxidation sites excluding steroid dienone is 1. The molecule has 0 N–H and O–H groups in total. The van der Waals surface area contributed by atoms with Crippen LogP contribution in [-0.4, -0.2) is 4.98 Å². The van der Waals surface area contributed by atoms with E-state index in [1.165, 1.54) is 79.3 Å². The normalized spacial score (nSPS) is 17.1. The van der Waals surface area contributed by atoms with Crippen LogP contribution < -0.4 is 0 Å². The summed E-state index contributed by atoms with van der Waals surface area (Å²) in [5.41, 5.74) is 7.84. The Hall–Kier alpha value is -3.02. The van der Waals surface area contributed by atoms with Crippen molar-refractivity contribution in [3.63, 3.8) is 0 Å². The predicted octanol–water partition coefficient (Wildman–Crippen LogP) is 10.8. The van der Waals surface area contributed by atoms with E-state index in [0.29, 0.717) is 11.3 Å². The van der Waals surface area contributed by atoms with Gasteiger partial charge >= 0.3 is 0 Å². The van der Waals surface area contributed by atoms with Gasteiger partial charge in [0, 0.05) is 32.5 Å². The van der Waals surface area contributed by atoms with E-state index in [-0.39, 0.29) is 5.41 Å². The third-order valence-electron chi connectivity index (χ3n) is 8.75. The van der Waals surface area contributed by atoms with Crippen molar-refractivity contribution in [2.45, 2.75) is 89.4 Å². The van der Waals surface area contributed by atoms with Crippen LogP contribution in [0.4, 0.5) is 0 Å². The molecular formula is C37H39NS. The molecule has 1 fully saturated rings. The van der Waals surface area contributed by atoms with Crippen molar-refractivity contribution >= 4 is 39.4 Å². The van der Waals surface area contributed by atoms with E-state index in [2.05, 4.69) is 96.0 Å². The molecular weight excluding hydrogens is 490 g/mol. The largest absolute Gasteiger partial charge is 0.256 e. The first-order valence-corrected chi connectivity index (χ1v) is 15.2. The highest BCUT2D eigenvalue weighted by Crippen LogP contribution is 2.52. The first kappa shape index (κ1) is 26.2. The first-order valence-electron chi connectivity index (χ1n) is 14.4. The highest BCUT2D eigenvalue weighted by atomic mass is 32.2. The maximum atomic E-state index is 6.11. The zero-order valence-electron chi connectivity index (χ0n) is 24.2. The Morgan fingerprint density at radius 2 is 1.85 bits per heavy atom. The summed E-state index contributed by atoms with van der Waals surface area (Å²) in [7, 11) is 0. The van der Waals surface area contributed by atoms with Gasteiger partial charge in [0.2, 0.25) is 0 Å². The molecule has 0 unspecified atom stereocenters. The highest BCUT2D eigenvalue weighted by Gasteiger charge is 2.30. The van der Waals surface area contributed by atoms with E-state index in [1.54, 1.807) is 0 Å². The summed E-state index contributed by atoms with van der Waals surface area (Å²) in [5, 5.41) is 5.24. The van der Waals surface area contributed by atoms with Crippen molar-refractivity contribution in [2.75, 3.05) is 0 Å². The van der Waals surface area contributed by atoms with Crippen LogP contribution >= 0.6 is 11.8 Å². The Kier molecular flexibility index (Phi) is 6.43. The molecule has 0 bridgehead atoms. The molecule has 1 aliphatic carbocycles. The summed E-state index contributed by atoms with van der Waals surface area (Å²) in [6.45, 7) is 13.8. The minimum Gasteiger partial charge on any atom is -0.256 e. The summed E-state index contributed by atoms with van der Waals surface area (Å²) in [4.78, 5) is 7.61. The SMILES string of the molecule is C#Cc1cc2c(c(CC(C)(C)C)c1/C=C\C)Sc1cc3ccc(C4CCC(C)(C)CC4)cc3c3ccnc-2c13. The molecule has 1 nitrogen and oxygen atoms in total. The number of benzene rings is 3. The summed E-state index contributed by atoms with van der Waals surface area (Å²) < 4.78 is 0. The predicted molar refractivity (Wildman–Crippen MR) is 170 cm³/mol. The molecule has 3 aromatic carbocycles. The standard InChI is InChI=1S/C37H39NS/c1-8-10-27-23(9-2)19-30-34-33-28(15-18-38-34)29-20-25(24-13-16-37(6,7)17-14-24)11-12-26(29)21-32(33)39-35(30)31(27)22-36(3,4)5/h2,8,10-12,15,18-21,24H,13-14,16-17,22H2,1,3-7H3/b10-8-. The topological polar surface area (TPSA) is 12.9 Å². The Bertz CT molecular complexity index is 1680. The quantitative estimate of drug-likeness (QED) is 0.170. The summed E-state index contributed by atoms with van der Waals surface area (Å²) in [5.74, 6) is 3.66. The molecule has 1 aromatic heterocycles. The van der Waals surface area contributed by atoms with E-state index in [4.69, 9.17) is 11.4 Å². The molecule has 0 saturated heterocycles. The summed E-state index contributed by atoms with van der Waals surface area (Å²) in [6, 6.07) is 14.1. The van der Waals surface area contributed by atoms with Crippen LogP contribution in [0.15, 0.2) is 58.5 Å². The minimum absolute atomic E-state index is 0.131. The van der Waals surface area contributed by atoms with Crippen LogP contribution in [0.2, 0.25) is 0 Å². The van der Waals surface area contributed by atoms with Gasteiger partial charge in [-0.05, 0) is 107 Å². The van der Waals surface area contributed by atoms with Gasteiger partial charge in [0.05, 0.1) is 5.69 Å². The number of nitrogens with zero attached hydrogens (tertiary/aromatic N) is 1. The van der Waals surface area contributed by atoms with Gasteiger partial charge in [-0.1, -0.05) is 82.7 Å². The van der Waals surface area contributed by atoms with Gasteiger partial charge in [-0.15, -0.1) is 6.42 Å². The van der Waals surface area contributed by atoms with Crippen LogP contribution in [0.1, 0.15) is 95.4 Å². The van der Waals surface area contributed by atoms with Crippen LogP contribution in [0.25, 0.3) is 38.9 Å². The fourth-order valence-corrected chi connectivity index (χ4v) is 7.96. The third-order valence-corrected chi connectivity index (χ3v) is 9.96. The molecule has 2 aliphatic rings. The number of fused-ring (bicyclic) bond motifs is 4. The molecule has 2 heteroatoms. The average Bonchev–Trinajstić information content (AvgIpc) is 2.89. The minimum atomic E-state index is 0.131. The molecule has 198 valence electrons. The zero-order valence-corrected chi connectivity index (χ0v) is 25.1. The van der Waals surface area contributed by atoms with Gasteiger partial charge in [-0.25, -0.2) is 0 Å². The lowest BCUT2D eigenvalue weighted by molar-refractivity contribution is 0.224. The van der Waals surface area contributed by atoms with Crippen molar-refractivity contribution in [3.8, 4) is 23.6 Å². The number of terminal acetylenes is 1. The van der Waals surface area contributed by atoms with Crippen LogP contribution in [-0.2, 0) is 6.42 Å². The Labute approximate surface area is 238 Å². The molecule has 4 aromatic rings. The maximum Gasteiger partial charge on any atom is 0.0803 e. The second-order valence-electron chi connectivity index (χ2n) is 13.6. The lowest BCUT2D eigenvalue weighted by Crippen LogP contribution is -2.20. The second kappa shape index (κ2) is 9.57. The van der Waals surface area contributed by atoms with Gasteiger partial charge in [0.1, 0.15) is 0 Å². The summed E-state index contributed by atoms with van der Waals surface area (Å²) >= 11 is 1.91.